The lowest BCUT2D eigenvalue weighted by Crippen LogP contribution is -2.13. The molecule has 1 nitrogen and oxygen atoms in total. The lowest BCUT2D eigenvalue weighted by Gasteiger charge is -2.22. The summed E-state index contributed by atoms with van der Waals surface area (Å²) in [6.07, 6.45) is 31.7. The van der Waals surface area contributed by atoms with Crippen LogP contribution in [0.25, 0.3) is 10.9 Å². The third-order valence-corrected chi connectivity index (χ3v) is 8.89. The third-order valence-electron chi connectivity index (χ3n) is 8.22. The zero-order valence-electron chi connectivity index (χ0n) is 22.2. The number of nitrogens with one attached hydrogen (secondary N) is 1. The molecule has 1 unspecified atom stereocenters. The number of fused-ring (bicyclic) bond motifs is 3. The van der Waals surface area contributed by atoms with Gasteiger partial charge in [-0.3, -0.25) is 0 Å². The Morgan fingerprint density at radius 2 is 1.26 bits per heavy atom. The second kappa shape index (κ2) is 17.0. The van der Waals surface area contributed by atoms with E-state index in [2.05, 4.69) is 52.7 Å². The van der Waals surface area contributed by atoms with Crippen LogP contribution in [0.2, 0.25) is 0 Å². The predicted octanol–water partition coefficient (Wildman–Crippen LogP) is 11.3. The highest BCUT2D eigenvalue weighted by Gasteiger charge is 2.22. The summed E-state index contributed by atoms with van der Waals surface area (Å²) in [6.45, 7) is 2.30. The zero-order chi connectivity index (χ0) is 23.8. The SMILES string of the molecule is CCCCCCCCCCCCCCCCCCCCC1CCc2c([nH]c3ccc(I)cc23)C1. The summed E-state index contributed by atoms with van der Waals surface area (Å²) in [5, 5.41) is 1.48. The van der Waals surface area contributed by atoms with Gasteiger partial charge < -0.3 is 4.98 Å². The van der Waals surface area contributed by atoms with Gasteiger partial charge in [-0.15, -0.1) is 0 Å². The number of rotatable bonds is 19. The first kappa shape index (κ1) is 28.1. The highest BCUT2D eigenvalue weighted by Crippen LogP contribution is 2.34. The van der Waals surface area contributed by atoms with Crippen LogP contribution in [-0.2, 0) is 12.8 Å². The monoisotopic (exact) mass is 577 g/mol. The third kappa shape index (κ3) is 10.2. The van der Waals surface area contributed by atoms with Crippen molar-refractivity contribution >= 4 is 33.5 Å². The van der Waals surface area contributed by atoms with E-state index in [-0.39, 0.29) is 0 Å². The van der Waals surface area contributed by atoms with Crippen LogP contribution in [0, 0.1) is 9.49 Å². The predicted molar refractivity (Wildman–Crippen MR) is 160 cm³/mol. The fourth-order valence-electron chi connectivity index (χ4n) is 6.06. The molecule has 0 spiro atoms. The molecule has 1 N–H and O–H groups in total. The summed E-state index contributed by atoms with van der Waals surface area (Å²) >= 11 is 2.44. The molecule has 1 aromatic heterocycles. The topological polar surface area (TPSA) is 15.8 Å². The average molecular weight is 578 g/mol. The zero-order valence-corrected chi connectivity index (χ0v) is 24.4. The first-order valence-electron chi connectivity index (χ1n) is 15.1. The fourth-order valence-corrected chi connectivity index (χ4v) is 6.55. The number of benzene rings is 1. The lowest BCUT2D eigenvalue weighted by atomic mass is 9.84. The lowest BCUT2D eigenvalue weighted by molar-refractivity contribution is 0.401. The molecule has 1 aliphatic carbocycles. The number of halogens is 1. The Labute approximate surface area is 224 Å². The number of aryl methyl sites for hydroxylation is 1. The molecule has 192 valence electrons. The Bertz CT molecular complexity index is 792. The van der Waals surface area contributed by atoms with E-state index in [4.69, 9.17) is 0 Å². The van der Waals surface area contributed by atoms with Crippen molar-refractivity contribution in [3.05, 3.63) is 33.0 Å². The van der Waals surface area contributed by atoms with Gasteiger partial charge in [-0.1, -0.05) is 129 Å². The Morgan fingerprint density at radius 3 is 1.82 bits per heavy atom. The van der Waals surface area contributed by atoms with E-state index in [0.29, 0.717) is 0 Å². The van der Waals surface area contributed by atoms with Crippen LogP contribution in [0.1, 0.15) is 147 Å². The van der Waals surface area contributed by atoms with Crippen molar-refractivity contribution in [1.82, 2.24) is 4.98 Å². The number of hydrogen-bond donors (Lipinski definition) is 1. The van der Waals surface area contributed by atoms with Crippen LogP contribution in [-0.4, -0.2) is 4.98 Å². The van der Waals surface area contributed by atoms with E-state index >= 15 is 0 Å². The summed E-state index contributed by atoms with van der Waals surface area (Å²) in [6, 6.07) is 6.85. The molecule has 1 heterocycles. The molecule has 34 heavy (non-hydrogen) atoms. The summed E-state index contributed by atoms with van der Waals surface area (Å²) in [5.41, 5.74) is 4.50. The molecule has 0 saturated carbocycles. The van der Waals surface area contributed by atoms with Crippen LogP contribution >= 0.6 is 22.6 Å². The molecule has 2 heteroatoms. The van der Waals surface area contributed by atoms with Crippen molar-refractivity contribution in [3.63, 3.8) is 0 Å². The van der Waals surface area contributed by atoms with Crippen LogP contribution in [0.15, 0.2) is 18.2 Å². The Morgan fingerprint density at radius 1 is 0.735 bits per heavy atom. The van der Waals surface area contributed by atoms with Crippen LogP contribution < -0.4 is 0 Å². The second-order valence-electron chi connectivity index (χ2n) is 11.2. The molecular weight excluding hydrogens is 525 g/mol. The Kier molecular flexibility index (Phi) is 14.1. The highest BCUT2D eigenvalue weighted by molar-refractivity contribution is 14.1. The molecule has 1 aliphatic rings. The summed E-state index contributed by atoms with van der Waals surface area (Å²) in [5.74, 6) is 0.903. The van der Waals surface area contributed by atoms with Gasteiger partial charge >= 0.3 is 0 Å². The van der Waals surface area contributed by atoms with Crippen LogP contribution in [0.5, 0.6) is 0 Å². The molecule has 0 amide bonds. The molecule has 1 atom stereocenters. The van der Waals surface area contributed by atoms with Crippen molar-refractivity contribution < 1.29 is 0 Å². The maximum atomic E-state index is 3.73. The Hall–Kier alpha value is -0.510. The van der Waals surface area contributed by atoms with E-state index in [1.54, 1.807) is 5.56 Å². The average Bonchev–Trinajstić information content (AvgIpc) is 3.20. The highest BCUT2D eigenvalue weighted by atomic mass is 127. The minimum absolute atomic E-state index is 0.903. The van der Waals surface area contributed by atoms with Gasteiger partial charge in [0.25, 0.3) is 0 Å². The first-order chi connectivity index (χ1) is 16.8. The molecule has 2 aromatic rings. The molecule has 0 bridgehead atoms. The minimum atomic E-state index is 0.903. The molecule has 1 aromatic carbocycles. The van der Waals surface area contributed by atoms with E-state index in [1.165, 1.54) is 161 Å². The summed E-state index contributed by atoms with van der Waals surface area (Å²) in [7, 11) is 0. The van der Waals surface area contributed by atoms with Crippen molar-refractivity contribution in [2.75, 3.05) is 0 Å². The van der Waals surface area contributed by atoms with Crippen molar-refractivity contribution in [1.29, 1.82) is 0 Å². The van der Waals surface area contributed by atoms with Gasteiger partial charge in [0.2, 0.25) is 0 Å². The number of aromatic nitrogens is 1. The standard InChI is InChI=1S/C32H52IN/c1-2-3-4-5-6-7-8-9-10-11-12-13-14-15-16-17-18-19-20-27-21-23-29-30-26-28(33)22-24-31(30)34-32(29)25-27/h22,24,26-27,34H,2-21,23,25H2,1H3. The number of H-pyrrole nitrogens is 1. The molecule has 3 rings (SSSR count). The fraction of sp³-hybridized carbons (Fsp3) is 0.750. The molecule has 0 aliphatic heterocycles. The molecule has 0 radical (unpaired) electrons. The second-order valence-corrected chi connectivity index (χ2v) is 12.4. The normalized spacial score (nSPS) is 15.8. The molecular formula is C32H52IN. The maximum Gasteiger partial charge on any atom is 0.0459 e. The molecule has 0 fully saturated rings. The van der Waals surface area contributed by atoms with E-state index < -0.39 is 0 Å². The van der Waals surface area contributed by atoms with Gasteiger partial charge in [-0.2, -0.15) is 0 Å². The quantitative estimate of drug-likeness (QED) is 0.126. The van der Waals surface area contributed by atoms with E-state index in [9.17, 15) is 0 Å². The number of unbranched alkanes of at least 4 members (excludes halogenated alkanes) is 17. The van der Waals surface area contributed by atoms with Crippen molar-refractivity contribution in [3.8, 4) is 0 Å². The van der Waals surface area contributed by atoms with Gasteiger partial charge in [-0.25, -0.2) is 0 Å². The van der Waals surface area contributed by atoms with Crippen LogP contribution in [0.3, 0.4) is 0 Å². The summed E-state index contributed by atoms with van der Waals surface area (Å²) in [4.78, 5) is 3.73. The Balaban J connectivity index is 1.10. The smallest absolute Gasteiger partial charge is 0.0459 e. The van der Waals surface area contributed by atoms with E-state index in [0.717, 1.165) is 5.92 Å². The largest absolute Gasteiger partial charge is 0.358 e. The number of hydrogen-bond acceptors (Lipinski definition) is 0. The first-order valence-corrected chi connectivity index (χ1v) is 16.1. The van der Waals surface area contributed by atoms with Gasteiger partial charge in [0.05, 0.1) is 0 Å². The van der Waals surface area contributed by atoms with Gasteiger partial charge in [0.1, 0.15) is 0 Å². The van der Waals surface area contributed by atoms with Gasteiger partial charge in [0.15, 0.2) is 0 Å². The van der Waals surface area contributed by atoms with Crippen molar-refractivity contribution in [2.45, 2.75) is 148 Å². The summed E-state index contributed by atoms with van der Waals surface area (Å²) < 4.78 is 1.35. The van der Waals surface area contributed by atoms with Crippen molar-refractivity contribution in [2.24, 2.45) is 5.92 Å². The van der Waals surface area contributed by atoms with Crippen LogP contribution in [0.4, 0.5) is 0 Å². The minimum Gasteiger partial charge on any atom is -0.358 e. The number of aromatic amines is 1. The maximum absolute atomic E-state index is 3.73. The van der Waals surface area contributed by atoms with E-state index in [1.807, 2.05) is 0 Å². The van der Waals surface area contributed by atoms with Gasteiger partial charge in [-0.05, 0) is 71.5 Å². The molecule has 0 saturated heterocycles. The van der Waals surface area contributed by atoms with Gasteiger partial charge in [0, 0.05) is 20.2 Å².